The zero-order valence-corrected chi connectivity index (χ0v) is 12.6. The molecule has 23 heavy (non-hydrogen) atoms. The highest BCUT2D eigenvalue weighted by Crippen LogP contribution is 2.35. The van der Waals surface area contributed by atoms with E-state index in [2.05, 4.69) is 0 Å². The number of allylic oxidation sites excluding steroid dienone is 1. The molecule has 0 fully saturated rings. The third-order valence-electron chi connectivity index (χ3n) is 3.98. The van der Waals surface area contributed by atoms with Crippen molar-refractivity contribution in [1.82, 2.24) is 0 Å². The SMILES string of the molecule is COc1ccc(C(=O)C2=Cc3cccc4cccc(c34)O2)cc1. The van der Waals surface area contributed by atoms with E-state index < -0.39 is 0 Å². The minimum atomic E-state index is -0.140. The summed E-state index contributed by atoms with van der Waals surface area (Å²) in [5, 5.41) is 2.15. The van der Waals surface area contributed by atoms with Gasteiger partial charge in [-0.2, -0.15) is 0 Å². The molecule has 0 saturated heterocycles. The van der Waals surface area contributed by atoms with Crippen LogP contribution in [0.2, 0.25) is 0 Å². The van der Waals surface area contributed by atoms with Gasteiger partial charge in [0.15, 0.2) is 5.76 Å². The topological polar surface area (TPSA) is 35.5 Å². The van der Waals surface area contributed by atoms with Gasteiger partial charge >= 0.3 is 0 Å². The Morgan fingerprint density at radius 2 is 1.70 bits per heavy atom. The Balaban J connectivity index is 1.76. The quantitative estimate of drug-likeness (QED) is 0.670. The molecule has 0 bridgehead atoms. The maximum atomic E-state index is 12.7. The number of ketones is 1. The molecule has 0 unspecified atom stereocenters. The van der Waals surface area contributed by atoms with Crippen LogP contribution in [-0.2, 0) is 0 Å². The molecule has 3 nitrogen and oxygen atoms in total. The number of carbonyl (C=O) groups is 1. The van der Waals surface area contributed by atoms with Gasteiger partial charge in [-0.3, -0.25) is 4.79 Å². The first-order chi connectivity index (χ1) is 11.3. The number of methoxy groups -OCH3 is 1. The average molecular weight is 302 g/mol. The third-order valence-corrected chi connectivity index (χ3v) is 3.98. The summed E-state index contributed by atoms with van der Waals surface area (Å²) >= 11 is 0. The van der Waals surface area contributed by atoms with E-state index >= 15 is 0 Å². The van der Waals surface area contributed by atoms with Gasteiger partial charge < -0.3 is 9.47 Å². The van der Waals surface area contributed by atoms with Gasteiger partial charge in [-0.1, -0.05) is 30.3 Å². The predicted octanol–water partition coefficient (Wildman–Crippen LogP) is 4.46. The highest BCUT2D eigenvalue weighted by atomic mass is 16.5. The number of hydrogen-bond donors (Lipinski definition) is 0. The number of benzene rings is 3. The zero-order chi connectivity index (χ0) is 15.8. The molecule has 0 aliphatic carbocycles. The van der Waals surface area contributed by atoms with Crippen molar-refractivity contribution in [1.29, 1.82) is 0 Å². The van der Waals surface area contributed by atoms with Crippen LogP contribution in [0, 0.1) is 0 Å². The minimum absolute atomic E-state index is 0.140. The molecule has 1 heterocycles. The van der Waals surface area contributed by atoms with E-state index in [-0.39, 0.29) is 5.78 Å². The fourth-order valence-electron chi connectivity index (χ4n) is 2.83. The molecule has 112 valence electrons. The minimum Gasteiger partial charge on any atom is -0.497 e. The largest absolute Gasteiger partial charge is 0.497 e. The van der Waals surface area contributed by atoms with Crippen LogP contribution in [0.15, 0.2) is 66.4 Å². The van der Waals surface area contributed by atoms with E-state index in [4.69, 9.17) is 9.47 Å². The maximum absolute atomic E-state index is 12.7. The molecule has 4 rings (SSSR count). The standard InChI is InChI=1S/C20H14O3/c1-22-16-10-8-14(9-11-16)20(21)18-12-15-6-2-4-13-5-3-7-17(23-18)19(13)15/h2-12H,1H3. The molecule has 1 aliphatic rings. The van der Waals surface area contributed by atoms with Gasteiger partial charge in [-0.15, -0.1) is 0 Å². The van der Waals surface area contributed by atoms with Crippen LogP contribution in [0.25, 0.3) is 16.8 Å². The summed E-state index contributed by atoms with van der Waals surface area (Å²) < 4.78 is 11.0. The van der Waals surface area contributed by atoms with Crippen molar-refractivity contribution in [3.05, 3.63) is 77.5 Å². The summed E-state index contributed by atoms with van der Waals surface area (Å²) in [5.41, 5.74) is 1.57. The predicted molar refractivity (Wildman–Crippen MR) is 89.9 cm³/mol. The highest BCUT2D eigenvalue weighted by Gasteiger charge is 2.21. The molecular formula is C20H14O3. The zero-order valence-electron chi connectivity index (χ0n) is 12.6. The van der Waals surface area contributed by atoms with E-state index in [1.54, 1.807) is 31.4 Å². The lowest BCUT2D eigenvalue weighted by Gasteiger charge is -2.18. The molecular weight excluding hydrogens is 288 g/mol. The van der Waals surface area contributed by atoms with Crippen LogP contribution >= 0.6 is 0 Å². The Bertz CT molecular complexity index is 932. The van der Waals surface area contributed by atoms with E-state index in [1.165, 1.54) is 0 Å². The Morgan fingerprint density at radius 1 is 0.957 bits per heavy atom. The Hall–Kier alpha value is -3.07. The first kappa shape index (κ1) is 13.6. The molecule has 0 aromatic heterocycles. The van der Waals surface area contributed by atoms with E-state index in [0.29, 0.717) is 11.3 Å². The molecule has 0 N–H and O–H groups in total. The van der Waals surface area contributed by atoms with Gasteiger partial charge in [0.25, 0.3) is 0 Å². The molecule has 1 aliphatic heterocycles. The second-order valence-electron chi connectivity index (χ2n) is 5.37. The number of hydrogen-bond acceptors (Lipinski definition) is 3. The van der Waals surface area contributed by atoms with Crippen LogP contribution < -0.4 is 9.47 Å². The second kappa shape index (κ2) is 5.29. The molecule has 3 aromatic carbocycles. The highest BCUT2D eigenvalue weighted by molar-refractivity contribution is 6.12. The van der Waals surface area contributed by atoms with Gasteiger partial charge in [0.05, 0.1) is 7.11 Å². The first-order valence-electron chi connectivity index (χ1n) is 7.36. The fourth-order valence-corrected chi connectivity index (χ4v) is 2.83. The van der Waals surface area contributed by atoms with Gasteiger partial charge in [0.2, 0.25) is 5.78 Å². The summed E-state index contributed by atoms with van der Waals surface area (Å²) in [5.74, 6) is 1.63. The van der Waals surface area contributed by atoms with E-state index in [1.807, 2.05) is 42.5 Å². The van der Waals surface area contributed by atoms with Gasteiger partial charge in [-0.05, 0) is 47.4 Å². The molecule has 0 atom stereocenters. The maximum Gasteiger partial charge on any atom is 0.228 e. The molecule has 3 aromatic rings. The molecule has 0 amide bonds. The van der Waals surface area contributed by atoms with Crippen LogP contribution in [0.3, 0.4) is 0 Å². The fraction of sp³-hybridized carbons (Fsp3) is 0.0500. The van der Waals surface area contributed by atoms with Crippen LogP contribution in [-0.4, -0.2) is 12.9 Å². The number of rotatable bonds is 3. The summed E-state index contributed by atoms with van der Waals surface area (Å²) in [6.45, 7) is 0. The van der Waals surface area contributed by atoms with Gasteiger partial charge in [0, 0.05) is 10.9 Å². The first-order valence-corrected chi connectivity index (χ1v) is 7.36. The van der Waals surface area contributed by atoms with Gasteiger partial charge in [0.1, 0.15) is 11.5 Å². The second-order valence-corrected chi connectivity index (χ2v) is 5.37. The number of carbonyl (C=O) groups excluding carboxylic acids is 1. The number of Topliss-reactive ketones (excluding diaryl/α,β-unsaturated/α-hetero) is 1. The summed E-state index contributed by atoms with van der Waals surface area (Å²) in [7, 11) is 1.60. The van der Waals surface area contributed by atoms with Crippen LogP contribution in [0.5, 0.6) is 11.5 Å². The van der Waals surface area contributed by atoms with Gasteiger partial charge in [-0.25, -0.2) is 0 Å². The van der Waals surface area contributed by atoms with Crippen molar-refractivity contribution >= 4 is 22.6 Å². The summed E-state index contributed by atoms with van der Waals surface area (Å²) in [6, 6.07) is 18.9. The lowest BCUT2D eigenvalue weighted by Crippen LogP contribution is -2.12. The van der Waals surface area contributed by atoms with Crippen molar-refractivity contribution in [2.45, 2.75) is 0 Å². The average Bonchev–Trinajstić information content (AvgIpc) is 2.61. The van der Waals surface area contributed by atoms with Crippen LogP contribution in [0.1, 0.15) is 15.9 Å². The summed E-state index contributed by atoms with van der Waals surface area (Å²) in [4.78, 5) is 12.7. The Labute approximate surface area is 133 Å². The lowest BCUT2D eigenvalue weighted by atomic mass is 9.99. The normalized spacial score (nSPS) is 12.5. The van der Waals surface area contributed by atoms with Crippen molar-refractivity contribution in [2.24, 2.45) is 0 Å². The van der Waals surface area contributed by atoms with Crippen molar-refractivity contribution in [2.75, 3.05) is 7.11 Å². The molecule has 0 radical (unpaired) electrons. The van der Waals surface area contributed by atoms with Crippen LogP contribution in [0.4, 0.5) is 0 Å². The molecule has 0 saturated carbocycles. The number of ether oxygens (including phenoxy) is 2. The molecule has 3 heteroatoms. The Morgan fingerprint density at radius 3 is 2.43 bits per heavy atom. The van der Waals surface area contributed by atoms with Crippen molar-refractivity contribution < 1.29 is 14.3 Å². The Kier molecular flexibility index (Phi) is 3.12. The molecule has 0 spiro atoms. The lowest BCUT2D eigenvalue weighted by molar-refractivity contribution is 0.0988. The van der Waals surface area contributed by atoms with E-state index in [9.17, 15) is 4.79 Å². The van der Waals surface area contributed by atoms with Crippen molar-refractivity contribution in [3.8, 4) is 11.5 Å². The van der Waals surface area contributed by atoms with Crippen molar-refractivity contribution in [3.63, 3.8) is 0 Å². The smallest absolute Gasteiger partial charge is 0.228 e. The van der Waals surface area contributed by atoms with E-state index in [0.717, 1.165) is 27.8 Å². The summed E-state index contributed by atoms with van der Waals surface area (Å²) in [6.07, 6.45) is 1.81. The monoisotopic (exact) mass is 302 g/mol. The third kappa shape index (κ3) is 2.27.